The number of aryl methyl sites for hydroxylation is 2. The summed E-state index contributed by atoms with van der Waals surface area (Å²) in [5.74, 6) is -1.94. The number of rotatable bonds is 24. The number of unbranched alkanes of at least 4 members (excludes halogenated alkanes) is 1. The molecule has 2 unspecified atom stereocenters. The number of piperidine rings is 1. The summed E-state index contributed by atoms with van der Waals surface area (Å²) in [6.45, 7) is 19.4. The number of nitrogens with one attached hydrogen (secondary N) is 4. The van der Waals surface area contributed by atoms with E-state index in [-0.39, 0.29) is 86.8 Å². The van der Waals surface area contributed by atoms with E-state index in [2.05, 4.69) is 26.3 Å². The van der Waals surface area contributed by atoms with Gasteiger partial charge in [-0.2, -0.15) is 0 Å². The molecule has 3 aliphatic rings. The summed E-state index contributed by atoms with van der Waals surface area (Å²) in [5.41, 5.74) is 10.8. The zero-order chi connectivity index (χ0) is 55.6. The first-order valence-electron chi connectivity index (χ1n) is 26.9. The van der Waals surface area contributed by atoms with E-state index in [1.54, 1.807) is 37.0 Å². The van der Waals surface area contributed by atoms with Gasteiger partial charge in [0.05, 0.1) is 40.9 Å². The number of hydrogen-bond donors (Lipinski definition) is 6. The number of hydrogen-bond acceptors (Lipinski definition) is 12. The molecule has 3 heterocycles. The Labute approximate surface area is 452 Å². The van der Waals surface area contributed by atoms with E-state index in [1.807, 2.05) is 103 Å². The van der Waals surface area contributed by atoms with E-state index in [9.17, 15) is 38.7 Å². The Balaban J connectivity index is 0.958. The first kappa shape index (κ1) is 59.3. The van der Waals surface area contributed by atoms with Crippen LogP contribution in [0.25, 0.3) is 10.4 Å². The number of amides is 7. The van der Waals surface area contributed by atoms with Gasteiger partial charge in [0.2, 0.25) is 35.4 Å². The molecule has 1 saturated carbocycles. The van der Waals surface area contributed by atoms with E-state index >= 15 is 0 Å². The molecule has 19 heteroatoms. The fraction of sp³-hybridized carbons (Fsp3) is 0.614. The molecule has 2 aromatic carbocycles. The zero-order valence-electron chi connectivity index (χ0n) is 46.1. The molecule has 9 atom stereocenters. The molecule has 3 aromatic rings. The van der Waals surface area contributed by atoms with Crippen molar-refractivity contribution in [3.05, 3.63) is 76.4 Å². The first-order valence-corrected chi connectivity index (χ1v) is 27.8. The van der Waals surface area contributed by atoms with Crippen LogP contribution < -0.4 is 27.0 Å². The van der Waals surface area contributed by atoms with Crippen LogP contribution in [0.1, 0.15) is 136 Å². The van der Waals surface area contributed by atoms with Crippen LogP contribution >= 0.6 is 11.3 Å². The van der Waals surface area contributed by atoms with E-state index in [0.717, 1.165) is 39.2 Å². The van der Waals surface area contributed by atoms with Crippen molar-refractivity contribution in [1.29, 1.82) is 0 Å². The van der Waals surface area contributed by atoms with Gasteiger partial charge in [-0.25, -0.2) is 9.78 Å². The summed E-state index contributed by atoms with van der Waals surface area (Å²) in [7, 11) is 0. The molecule has 3 fully saturated rings. The molecule has 0 spiro atoms. The maximum atomic E-state index is 14.1. The van der Waals surface area contributed by atoms with Gasteiger partial charge in [-0.15, -0.1) is 11.3 Å². The van der Waals surface area contributed by atoms with Crippen molar-refractivity contribution >= 4 is 52.9 Å². The van der Waals surface area contributed by atoms with E-state index in [0.29, 0.717) is 32.2 Å². The molecule has 1 aliphatic carbocycles. The predicted octanol–water partition coefficient (Wildman–Crippen LogP) is 6.08. The van der Waals surface area contributed by atoms with Crippen LogP contribution in [0.15, 0.2) is 54.0 Å². The number of alkyl carbamates (subject to hydrolysis) is 1. The second-order valence-corrected chi connectivity index (χ2v) is 24.4. The number of carbonyl (C=O) groups is 7. The van der Waals surface area contributed by atoms with Crippen LogP contribution in [0.3, 0.4) is 0 Å². The average molecular weight is 1070 g/mol. The Hall–Kier alpha value is -5.92. The number of primary amides is 1. The lowest BCUT2D eigenvalue weighted by molar-refractivity contribution is -0.144. The SMILES string of the molecule is Cc1ncsc1-c1ccc(CNC(=O)[C@@H]2C[C@@H](O)CN2C(=O)C(NC(=O)CCCCc2ccc(CO[C@H](C)[C@H](CCC(N)=O)NC(=O)[C@@H]3[C@@H]4CC4CN3C(=O)[C@H](CC(C)C)NC(=O)OC(C)(C)C)cc2)C(C)(C)C)cc1. The molecule has 7 N–H and O–H groups in total. The number of ether oxygens (including phenoxy) is 2. The lowest BCUT2D eigenvalue weighted by atomic mass is 9.85. The molecule has 1 aromatic heterocycles. The van der Waals surface area contributed by atoms with Crippen molar-refractivity contribution in [3.8, 4) is 10.4 Å². The Morgan fingerprint density at radius 1 is 0.816 bits per heavy atom. The molecular formula is C57H82N8O10S. The third-order valence-electron chi connectivity index (χ3n) is 14.4. The third kappa shape index (κ3) is 16.8. The molecule has 2 saturated heterocycles. The topological polar surface area (TPSA) is 252 Å². The highest BCUT2D eigenvalue weighted by molar-refractivity contribution is 7.13. The van der Waals surface area contributed by atoms with E-state index in [4.69, 9.17) is 15.2 Å². The number of benzene rings is 2. The number of likely N-dealkylation sites (tertiary alicyclic amines) is 2. The van der Waals surface area contributed by atoms with Crippen molar-refractivity contribution in [2.45, 2.75) is 188 Å². The smallest absolute Gasteiger partial charge is 0.408 e. The summed E-state index contributed by atoms with van der Waals surface area (Å²) >= 11 is 1.57. The minimum absolute atomic E-state index is 0.00102. The summed E-state index contributed by atoms with van der Waals surface area (Å²) in [6, 6.07) is 11.8. The van der Waals surface area contributed by atoms with Crippen LogP contribution in [0.5, 0.6) is 0 Å². The fourth-order valence-corrected chi connectivity index (χ4v) is 10.9. The predicted molar refractivity (Wildman–Crippen MR) is 290 cm³/mol. The average Bonchev–Trinajstić information content (AvgIpc) is 3.58. The summed E-state index contributed by atoms with van der Waals surface area (Å²) in [5, 5.41) is 22.4. The number of carbonyl (C=O) groups excluding carboxylic acids is 7. The van der Waals surface area contributed by atoms with Gasteiger partial charge >= 0.3 is 6.09 Å². The molecular weight excluding hydrogens is 989 g/mol. The number of thiazole rings is 1. The molecule has 2 aliphatic heterocycles. The Bertz CT molecular complexity index is 2500. The van der Waals surface area contributed by atoms with Gasteiger partial charge in [-0.05, 0) is 119 Å². The van der Waals surface area contributed by atoms with Gasteiger partial charge in [0.15, 0.2) is 0 Å². The van der Waals surface area contributed by atoms with Crippen molar-refractivity contribution < 1.29 is 48.1 Å². The molecule has 18 nitrogen and oxygen atoms in total. The van der Waals surface area contributed by atoms with Gasteiger partial charge in [0.1, 0.15) is 29.8 Å². The summed E-state index contributed by atoms with van der Waals surface area (Å²) in [6.07, 6.45) is 1.68. The van der Waals surface area contributed by atoms with Gasteiger partial charge < -0.3 is 51.4 Å². The summed E-state index contributed by atoms with van der Waals surface area (Å²) < 4.78 is 11.7. The van der Waals surface area contributed by atoms with Crippen LogP contribution in [-0.2, 0) is 57.8 Å². The second-order valence-electron chi connectivity index (χ2n) is 23.5. The highest BCUT2D eigenvalue weighted by atomic mass is 32.1. The molecule has 6 rings (SSSR count). The minimum atomic E-state index is -0.918. The zero-order valence-corrected chi connectivity index (χ0v) is 46.9. The number of fused-ring (bicyclic) bond motifs is 1. The quantitative estimate of drug-likeness (QED) is 0.0561. The van der Waals surface area contributed by atoms with Crippen molar-refractivity contribution in [2.75, 3.05) is 13.1 Å². The Kier molecular flexibility index (Phi) is 20.3. The van der Waals surface area contributed by atoms with E-state index in [1.165, 1.54) is 4.90 Å². The standard InChI is InChI=1S/C57H82N8O10S/c1-33(2)25-44(62-55(73)75-57(8,9)10)53(71)65-29-40-26-42(40)48(65)52(70)61-43(23-24-46(58)67)35(4)74-31-38-17-15-36(16-18-38)13-11-12-14-47(68)63-50(56(5,6)7)54(72)64-30-41(66)27-45(64)51(69)59-28-37-19-21-39(22-20-37)49-34(3)60-32-76-49/h15-22,32-33,35,40-45,48,50,66H,11-14,23-31H2,1-10H3,(H2,58,67)(H,59,69)(H,61,70)(H,62,73)(H,63,68)/t35-,40?,41-,42-,43+,44+,45+,48+,50?/m1/s1. The Morgan fingerprint density at radius 3 is 2.11 bits per heavy atom. The lowest BCUT2D eigenvalue weighted by Crippen LogP contribution is -2.57. The number of aliphatic hydroxyl groups excluding tert-OH is 1. The van der Waals surface area contributed by atoms with Gasteiger partial charge in [-0.1, -0.05) is 83.1 Å². The summed E-state index contributed by atoms with van der Waals surface area (Å²) in [4.78, 5) is 102. The van der Waals surface area contributed by atoms with Crippen LogP contribution in [0, 0.1) is 30.1 Å². The molecule has 7 amide bonds. The minimum Gasteiger partial charge on any atom is -0.444 e. The third-order valence-corrected chi connectivity index (χ3v) is 15.3. The van der Waals surface area contributed by atoms with Crippen LogP contribution in [-0.4, -0.2) is 123 Å². The highest BCUT2D eigenvalue weighted by Gasteiger charge is 2.58. The largest absolute Gasteiger partial charge is 0.444 e. The van der Waals surface area contributed by atoms with Crippen LogP contribution in [0.2, 0.25) is 0 Å². The molecule has 0 radical (unpaired) electrons. The first-order chi connectivity index (χ1) is 35.8. The number of nitrogens with two attached hydrogens (primary N) is 1. The Morgan fingerprint density at radius 2 is 1.49 bits per heavy atom. The second kappa shape index (κ2) is 25.9. The monoisotopic (exact) mass is 1070 g/mol. The molecule has 416 valence electrons. The number of β-amino-alcohol motifs (C(OH)–C–C–N with tert-alkyl or cyclic N) is 1. The number of aromatic nitrogens is 1. The van der Waals surface area contributed by atoms with Crippen molar-refractivity contribution in [3.63, 3.8) is 0 Å². The fourth-order valence-electron chi connectivity index (χ4n) is 10.1. The molecule has 76 heavy (non-hydrogen) atoms. The lowest BCUT2D eigenvalue weighted by Gasteiger charge is -2.35. The van der Waals surface area contributed by atoms with Gasteiger partial charge in [-0.3, -0.25) is 28.8 Å². The normalized spacial score (nSPS) is 20.8. The number of aliphatic hydroxyl groups is 1. The maximum absolute atomic E-state index is 14.1. The number of nitrogens with zero attached hydrogens (tertiary/aromatic N) is 3. The van der Waals surface area contributed by atoms with Crippen molar-refractivity contribution in [1.82, 2.24) is 36.1 Å². The van der Waals surface area contributed by atoms with E-state index < -0.39 is 71.3 Å². The van der Waals surface area contributed by atoms with Gasteiger partial charge in [0.25, 0.3) is 0 Å². The molecule has 0 bridgehead atoms. The van der Waals surface area contributed by atoms with Gasteiger partial charge in [0, 0.05) is 38.9 Å². The maximum Gasteiger partial charge on any atom is 0.408 e. The highest BCUT2D eigenvalue weighted by Crippen LogP contribution is 2.50. The van der Waals surface area contributed by atoms with Crippen molar-refractivity contribution in [2.24, 2.45) is 28.9 Å². The van der Waals surface area contributed by atoms with Crippen LogP contribution in [0.4, 0.5) is 4.79 Å².